The fraction of sp³-hybridized carbons (Fsp3) is 0.625. The van der Waals surface area contributed by atoms with Gasteiger partial charge < -0.3 is 5.32 Å². The highest BCUT2D eigenvalue weighted by Crippen LogP contribution is 2.39. The van der Waals surface area contributed by atoms with Crippen molar-refractivity contribution in [2.45, 2.75) is 49.6 Å². The van der Waals surface area contributed by atoms with E-state index in [2.05, 4.69) is 5.32 Å². The molecule has 2 unspecified atom stereocenters. The van der Waals surface area contributed by atoms with Gasteiger partial charge in [0, 0.05) is 19.1 Å². The molecule has 1 aromatic carbocycles. The van der Waals surface area contributed by atoms with Gasteiger partial charge in [0.25, 0.3) is 0 Å². The van der Waals surface area contributed by atoms with E-state index in [1.807, 2.05) is 25.2 Å². The van der Waals surface area contributed by atoms with Gasteiger partial charge in [0.1, 0.15) is 0 Å². The third-order valence-corrected chi connectivity index (χ3v) is 6.77. The first-order valence-corrected chi connectivity index (χ1v) is 9.32. The van der Waals surface area contributed by atoms with Crippen LogP contribution in [0.3, 0.4) is 0 Å². The first-order chi connectivity index (χ1) is 10.1. The van der Waals surface area contributed by atoms with E-state index in [1.165, 1.54) is 12.8 Å². The summed E-state index contributed by atoms with van der Waals surface area (Å²) in [5.41, 5.74) is 1.01. The van der Waals surface area contributed by atoms with E-state index in [-0.39, 0.29) is 6.04 Å². The normalized spacial score (nSPS) is 26.7. The Balaban J connectivity index is 1.88. The minimum atomic E-state index is -3.34. The molecular weight excluding hydrogens is 284 g/mol. The molecule has 116 valence electrons. The Morgan fingerprint density at radius 1 is 1.24 bits per heavy atom. The number of hydrogen-bond donors (Lipinski definition) is 1. The van der Waals surface area contributed by atoms with Crippen molar-refractivity contribution in [2.24, 2.45) is 5.92 Å². The maximum absolute atomic E-state index is 13.0. The summed E-state index contributed by atoms with van der Waals surface area (Å²) in [6, 6.07) is 7.57. The molecule has 0 amide bonds. The smallest absolute Gasteiger partial charge is 0.243 e. The Kier molecular flexibility index (Phi) is 4.33. The second kappa shape index (κ2) is 6.07. The fourth-order valence-electron chi connectivity index (χ4n) is 3.82. The molecule has 0 bridgehead atoms. The van der Waals surface area contributed by atoms with Gasteiger partial charge in [-0.1, -0.05) is 25.0 Å². The fourth-order valence-corrected chi connectivity index (χ4v) is 5.62. The third-order valence-electron chi connectivity index (χ3n) is 4.85. The summed E-state index contributed by atoms with van der Waals surface area (Å²) < 4.78 is 27.7. The Morgan fingerprint density at radius 3 is 2.86 bits per heavy atom. The molecule has 1 aliphatic heterocycles. The standard InChI is InChI=1S/C16H24N2O2S/c1-17-12-13-5-4-7-15(11-13)21(19,20)18-10-9-14-6-2-3-8-16(14)18/h4-5,7,11,14,16-17H,2-3,6,8-10,12H2,1H3. The van der Waals surface area contributed by atoms with Gasteiger partial charge in [-0.25, -0.2) is 8.42 Å². The quantitative estimate of drug-likeness (QED) is 0.929. The summed E-state index contributed by atoms with van der Waals surface area (Å²) in [5.74, 6) is 0.578. The van der Waals surface area contributed by atoms with E-state index < -0.39 is 10.0 Å². The van der Waals surface area contributed by atoms with Gasteiger partial charge in [-0.3, -0.25) is 0 Å². The van der Waals surface area contributed by atoms with Crippen molar-refractivity contribution in [3.05, 3.63) is 29.8 Å². The predicted molar refractivity (Wildman–Crippen MR) is 83.5 cm³/mol. The van der Waals surface area contributed by atoms with E-state index in [9.17, 15) is 8.42 Å². The van der Waals surface area contributed by atoms with Crippen molar-refractivity contribution < 1.29 is 8.42 Å². The molecule has 2 fully saturated rings. The van der Waals surface area contributed by atoms with E-state index in [0.29, 0.717) is 23.9 Å². The van der Waals surface area contributed by atoms with Gasteiger partial charge in [-0.15, -0.1) is 0 Å². The van der Waals surface area contributed by atoms with Crippen molar-refractivity contribution in [2.75, 3.05) is 13.6 Å². The first kappa shape index (κ1) is 15.0. The van der Waals surface area contributed by atoms with Crippen molar-refractivity contribution in [1.82, 2.24) is 9.62 Å². The molecule has 0 radical (unpaired) electrons. The third kappa shape index (κ3) is 2.87. The van der Waals surface area contributed by atoms with E-state index >= 15 is 0 Å². The summed E-state index contributed by atoms with van der Waals surface area (Å²) in [7, 11) is -1.48. The van der Waals surface area contributed by atoms with Crippen LogP contribution < -0.4 is 5.32 Å². The minimum Gasteiger partial charge on any atom is -0.316 e. The molecule has 4 nitrogen and oxygen atoms in total. The lowest BCUT2D eigenvalue weighted by Crippen LogP contribution is -2.39. The molecule has 0 spiro atoms. The highest BCUT2D eigenvalue weighted by molar-refractivity contribution is 7.89. The average molecular weight is 308 g/mol. The van der Waals surface area contributed by atoms with Crippen LogP contribution in [0.5, 0.6) is 0 Å². The zero-order valence-electron chi connectivity index (χ0n) is 12.6. The van der Waals surface area contributed by atoms with Crippen LogP contribution >= 0.6 is 0 Å². The van der Waals surface area contributed by atoms with Gasteiger partial charge in [0.2, 0.25) is 10.0 Å². The predicted octanol–water partition coefficient (Wildman–Crippen LogP) is 2.36. The summed E-state index contributed by atoms with van der Waals surface area (Å²) in [4.78, 5) is 0.446. The minimum absolute atomic E-state index is 0.233. The molecule has 1 saturated heterocycles. The molecule has 5 heteroatoms. The molecule has 2 atom stereocenters. The number of fused-ring (bicyclic) bond motifs is 1. The molecule has 21 heavy (non-hydrogen) atoms. The number of sulfonamides is 1. The number of nitrogens with one attached hydrogen (secondary N) is 1. The second-order valence-corrected chi connectivity index (χ2v) is 8.08. The highest BCUT2D eigenvalue weighted by Gasteiger charge is 2.42. The molecule has 2 aliphatic rings. The van der Waals surface area contributed by atoms with Gasteiger partial charge in [-0.2, -0.15) is 4.31 Å². The van der Waals surface area contributed by atoms with Crippen molar-refractivity contribution >= 4 is 10.0 Å². The summed E-state index contributed by atoms with van der Waals surface area (Å²) in [6.45, 7) is 1.38. The van der Waals surface area contributed by atoms with Crippen LogP contribution in [0.4, 0.5) is 0 Å². The maximum Gasteiger partial charge on any atom is 0.243 e. The summed E-state index contributed by atoms with van der Waals surface area (Å²) in [6.07, 6.45) is 5.66. The van der Waals surface area contributed by atoms with Crippen LogP contribution in [0.15, 0.2) is 29.2 Å². The van der Waals surface area contributed by atoms with Crippen LogP contribution in [-0.4, -0.2) is 32.4 Å². The van der Waals surface area contributed by atoms with E-state index in [0.717, 1.165) is 24.8 Å². The number of nitrogens with zero attached hydrogens (tertiary/aromatic N) is 1. The largest absolute Gasteiger partial charge is 0.316 e. The van der Waals surface area contributed by atoms with Gasteiger partial charge >= 0.3 is 0 Å². The molecule has 1 N–H and O–H groups in total. The molecule has 1 saturated carbocycles. The Labute approximate surface area is 127 Å². The topological polar surface area (TPSA) is 49.4 Å². The van der Waals surface area contributed by atoms with Crippen LogP contribution in [-0.2, 0) is 16.6 Å². The average Bonchev–Trinajstić information content (AvgIpc) is 2.92. The van der Waals surface area contributed by atoms with Crippen LogP contribution in [0, 0.1) is 5.92 Å². The zero-order valence-corrected chi connectivity index (χ0v) is 13.4. The number of hydrogen-bond acceptors (Lipinski definition) is 3. The number of rotatable bonds is 4. The Bertz CT molecular complexity index is 600. The van der Waals surface area contributed by atoms with E-state index in [4.69, 9.17) is 0 Å². The molecule has 1 heterocycles. The Morgan fingerprint density at radius 2 is 2.05 bits per heavy atom. The second-order valence-electron chi connectivity index (χ2n) is 6.19. The van der Waals surface area contributed by atoms with Crippen molar-refractivity contribution in [3.63, 3.8) is 0 Å². The highest BCUT2D eigenvalue weighted by atomic mass is 32.2. The molecule has 1 aromatic rings. The van der Waals surface area contributed by atoms with Gasteiger partial charge in [0.05, 0.1) is 4.90 Å². The molecule has 0 aromatic heterocycles. The lowest BCUT2D eigenvalue weighted by molar-refractivity contribution is 0.260. The monoisotopic (exact) mass is 308 g/mol. The van der Waals surface area contributed by atoms with Crippen LogP contribution in [0.25, 0.3) is 0 Å². The maximum atomic E-state index is 13.0. The Hall–Kier alpha value is -0.910. The van der Waals surface area contributed by atoms with Gasteiger partial charge in [-0.05, 0) is 49.9 Å². The number of benzene rings is 1. The SMILES string of the molecule is CNCc1cccc(S(=O)(=O)N2CCC3CCCCC32)c1. The van der Waals surface area contributed by atoms with Crippen molar-refractivity contribution in [3.8, 4) is 0 Å². The van der Waals surface area contributed by atoms with Crippen molar-refractivity contribution in [1.29, 1.82) is 0 Å². The summed E-state index contributed by atoms with van der Waals surface area (Å²) >= 11 is 0. The van der Waals surface area contributed by atoms with Crippen LogP contribution in [0.2, 0.25) is 0 Å². The molecular formula is C16H24N2O2S. The molecule has 1 aliphatic carbocycles. The van der Waals surface area contributed by atoms with Gasteiger partial charge in [0.15, 0.2) is 0 Å². The summed E-state index contributed by atoms with van der Waals surface area (Å²) in [5, 5.41) is 3.07. The zero-order chi connectivity index (χ0) is 14.9. The first-order valence-electron chi connectivity index (χ1n) is 7.88. The lowest BCUT2D eigenvalue weighted by atomic mass is 9.86. The molecule has 3 rings (SSSR count). The van der Waals surface area contributed by atoms with E-state index in [1.54, 1.807) is 10.4 Å². The lowest BCUT2D eigenvalue weighted by Gasteiger charge is -2.31. The van der Waals surface area contributed by atoms with Crippen LogP contribution in [0.1, 0.15) is 37.7 Å².